The molecule has 0 atom stereocenters. The minimum atomic E-state index is 0.667. The van der Waals surface area contributed by atoms with Crippen molar-refractivity contribution in [3.63, 3.8) is 0 Å². The third-order valence-corrected chi connectivity index (χ3v) is 3.49. The van der Waals surface area contributed by atoms with Gasteiger partial charge in [-0.1, -0.05) is 25.1 Å². The Kier molecular flexibility index (Phi) is 4.37. The van der Waals surface area contributed by atoms with Crippen molar-refractivity contribution in [2.75, 3.05) is 6.61 Å². The fourth-order valence-electron chi connectivity index (χ4n) is 2.35. The van der Waals surface area contributed by atoms with Crippen LogP contribution in [0.3, 0.4) is 0 Å². The van der Waals surface area contributed by atoms with Gasteiger partial charge in [-0.25, -0.2) is 4.98 Å². The van der Waals surface area contributed by atoms with Crippen LogP contribution >= 0.6 is 0 Å². The van der Waals surface area contributed by atoms with Crippen LogP contribution in [0.5, 0.6) is 5.75 Å². The van der Waals surface area contributed by atoms with Gasteiger partial charge in [0.15, 0.2) is 5.82 Å². The molecule has 0 amide bonds. The summed E-state index contributed by atoms with van der Waals surface area (Å²) in [5.74, 6) is 1.50. The average molecular weight is 308 g/mol. The highest BCUT2D eigenvalue weighted by Crippen LogP contribution is 2.30. The maximum absolute atomic E-state index is 5.72. The Morgan fingerprint density at radius 2 is 1.91 bits per heavy atom. The minimum absolute atomic E-state index is 0.667. The number of imidazole rings is 1. The molecule has 23 heavy (non-hydrogen) atoms. The molecule has 3 aromatic rings. The van der Waals surface area contributed by atoms with E-state index in [0.29, 0.717) is 6.61 Å². The molecule has 0 aliphatic carbocycles. The van der Waals surface area contributed by atoms with Crippen molar-refractivity contribution in [2.45, 2.75) is 27.2 Å². The fourth-order valence-corrected chi connectivity index (χ4v) is 2.35. The summed E-state index contributed by atoms with van der Waals surface area (Å²) < 4.78 is 7.68. The van der Waals surface area contributed by atoms with Crippen LogP contribution in [-0.4, -0.2) is 16.0 Å². The summed E-state index contributed by atoms with van der Waals surface area (Å²) in [7, 11) is 0. The standard InChI is InChI=1S/C18H20N4O/c1-4-11-23-16-8-6-5-7-15(16)20-21-18-14(3)19-17-10-9-13(2)12-22(17)18/h5-10,12H,4,11H2,1-3H3. The predicted octanol–water partition coefficient (Wildman–Crippen LogP) is 5.16. The van der Waals surface area contributed by atoms with Gasteiger partial charge in [-0.2, -0.15) is 0 Å². The van der Waals surface area contributed by atoms with E-state index in [9.17, 15) is 0 Å². The van der Waals surface area contributed by atoms with Crippen molar-refractivity contribution in [1.82, 2.24) is 9.38 Å². The number of rotatable bonds is 5. The van der Waals surface area contributed by atoms with Gasteiger partial charge in [0.2, 0.25) is 0 Å². The van der Waals surface area contributed by atoms with Gasteiger partial charge in [-0.05, 0) is 44.0 Å². The van der Waals surface area contributed by atoms with Crippen molar-refractivity contribution >= 4 is 17.2 Å². The van der Waals surface area contributed by atoms with E-state index in [1.165, 1.54) is 0 Å². The number of pyridine rings is 1. The van der Waals surface area contributed by atoms with E-state index < -0.39 is 0 Å². The first kappa shape index (κ1) is 15.2. The highest BCUT2D eigenvalue weighted by Gasteiger charge is 2.08. The van der Waals surface area contributed by atoms with E-state index >= 15 is 0 Å². The number of fused-ring (bicyclic) bond motifs is 1. The van der Waals surface area contributed by atoms with E-state index in [-0.39, 0.29) is 0 Å². The summed E-state index contributed by atoms with van der Waals surface area (Å²) in [6.45, 7) is 6.73. The number of ether oxygens (including phenoxy) is 1. The molecule has 3 rings (SSSR count). The second kappa shape index (κ2) is 6.60. The van der Waals surface area contributed by atoms with Crippen LogP contribution in [0.25, 0.3) is 5.65 Å². The molecule has 1 aromatic carbocycles. The highest BCUT2D eigenvalue weighted by atomic mass is 16.5. The average Bonchev–Trinajstić information content (AvgIpc) is 2.86. The molecule has 0 aliphatic rings. The molecule has 0 spiro atoms. The Balaban J connectivity index is 1.97. The van der Waals surface area contributed by atoms with E-state index in [0.717, 1.165) is 40.6 Å². The Labute approximate surface area is 135 Å². The van der Waals surface area contributed by atoms with E-state index in [4.69, 9.17) is 4.74 Å². The fraction of sp³-hybridized carbons (Fsp3) is 0.278. The third kappa shape index (κ3) is 3.23. The quantitative estimate of drug-likeness (QED) is 0.612. The molecule has 2 heterocycles. The smallest absolute Gasteiger partial charge is 0.182 e. The number of benzene rings is 1. The first-order valence-electron chi connectivity index (χ1n) is 7.78. The van der Waals surface area contributed by atoms with Crippen LogP contribution in [0.2, 0.25) is 0 Å². The van der Waals surface area contributed by atoms with Crippen LogP contribution in [0.15, 0.2) is 52.8 Å². The zero-order valence-corrected chi connectivity index (χ0v) is 13.7. The molecule has 0 saturated heterocycles. The van der Waals surface area contributed by atoms with Gasteiger partial charge in [-0.3, -0.25) is 4.40 Å². The van der Waals surface area contributed by atoms with Gasteiger partial charge < -0.3 is 4.74 Å². The number of azo groups is 1. The summed E-state index contributed by atoms with van der Waals surface area (Å²) >= 11 is 0. The van der Waals surface area contributed by atoms with Gasteiger partial charge in [0.1, 0.15) is 17.1 Å². The molecular weight excluding hydrogens is 288 g/mol. The van der Waals surface area contributed by atoms with Crippen molar-refractivity contribution in [1.29, 1.82) is 0 Å². The molecule has 0 N–H and O–H groups in total. The zero-order chi connectivity index (χ0) is 16.2. The number of hydrogen-bond acceptors (Lipinski definition) is 4. The summed E-state index contributed by atoms with van der Waals surface area (Å²) in [5, 5.41) is 8.80. The number of hydrogen-bond donors (Lipinski definition) is 0. The molecule has 5 nitrogen and oxygen atoms in total. The molecule has 118 valence electrons. The van der Waals surface area contributed by atoms with Crippen molar-refractivity contribution in [3.8, 4) is 5.75 Å². The number of aromatic nitrogens is 2. The zero-order valence-electron chi connectivity index (χ0n) is 13.7. The predicted molar refractivity (Wildman–Crippen MR) is 91.1 cm³/mol. The molecule has 0 aliphatic heterocycles. The lowest BCUT2D eigenvalue weighted by atomic mass is 10.3. The van der Waals surface area contributed by atoms with Gasteiger partial charge in [-0.15, -0.1) is 10.2 Å². The summed E-state index contributed by atoms with van der Waals surface area (Å²) in [5.41, 5.74) is 3.60. The minimum Gasteiger partial charge on any atom is -0.491 e. The van der Waals surface area contributed by atoms with Crippen LogP contribution in [0.1, 0.15) is 24.6 Å². The Bertz CT molecular complexity index is 851. The molecule has 2 aromatic heterocycles. The second-order valence-electron chi connectivity index (χ2n) is 5.47. The highest BCUT2D eigenvalue weighted by molar-refractivity contribution is 5.54. The number of para-hydroxylation sites is 1. The number of aryl methyl sites for hydroxylation is 2. The molecule has 0 unspecified atom stereocenters. The molecular formula is C18H20N4O. The van der Waals surface area contributed by atoms with Gasteiger partial charge in [0.25, 0.3) is 0 Å². The lowest BCUT2D eigenvalue weighted by Crippen LogP contribution is -1.94. The first-order chi connectivity index (χ1) is 11.2. The summed E-state index contributed by atoms with van der Waals surface area (Å²) in [6, 6.07) is 11.7. The van der Waals surface area contributed by atoms with E-state index in [2.05, 4.69) is 22.1 Å². The van der Waals surface area contributed by atoms with Crippen LogP contribution in [0.4, 0.5) is 11.5 Å². The second-order valence-corrected chi connectivity index (χ2v) is 5.47. The first-order valence-corrected chi connectivity index (χ1v) is 7.78. The maximum atomic E-state index is 5.72. The van der Waals surface area contributed by atoms with Gasteiger partial charge in [0.05, 0.1) is 12.3 Å². The van der Waals surface area contributed by atoms with Gasteiger partial charge in [0, 0.05) is 6.20 Å². The lowest BCUT2D eigenvalue weighted by Gasteiger charge is -2.06. The van der Waals surface area contributed by atoms with E-state index in [1.54, 1.807) is 0 Å². The topological polar surface area (TPSA) is 51.2 Å². The van der Waals surface area contributed by atoms with Crippen LogP contribution < -0.4 is 4.74 Å². The largest absolute Gasteiger partial charge is 0.491 e. The third-order valence-electron chi connectivity index (χ3n) is 3.49. The van der Waals surface area contributed by atoms with Crippen LogP contribution in [0, 0.1) is 13.8 Å². The molecule has 5 heteroatoms. The Morgan fingerprint density at radius 1 is 1.09 bits per heavy atom. The normalized spacial score (nSPS) is 11.4. The Hall–Kier alpha value is -2.69. The maximum Gasteiger partial charge on any atom is 0.182 e. The molecule has 0 bridgehead atoms. The summed E-state index contributed by atoms with van der Waals surface area (Å²) in [4.78, 5) is 4.52. The van der Waals surface area contributed by atoms with E-state index in [1.807, 2.05) is 60.8 Å². The Morgan fingerprint density at radius 3 is 2.74 bits per heavy atom. The monoisotopic (exact) mass is 308 g/mol. The molecule has 0 radical (unpaired) electrons. The lowest BCUT2D eigenvalue weighted by molar-refractivity contribution is 0.318. The van der Waals surface area contributed by atoms with Gasteiger partial charge >= 0.3 is 0 Å². The molecule has 0 saturated carbocycles. The van der Waals surface area contributed by atoms with Crippen molar-refractivity contribution in [3.05, 3.63) is 53.9 Å². The summed E-state index contributed by atoms with van der Waals surface area (Å²) in [6.07, 6.45) is 2.97. The SMILES string of the molecule is CCCOc1ccccc1N=Nc1c(C)nc2ccc(C)cn12. The molecule has 0 fully saturated rings. The van der Waals surface area contributed by atoms with Crippen LogP contribution in [-0.2, 0) is 0 Å². The van der Waals surface area contributed by atoms with Crippen molar-refractivity contribution in [2.24, 2.45) is 10.2 Å². The van der Waals surface area contributed by atoms with Crippen molar-refractivity contribution < 1.29 is 4.74 Å². The number of nitrogens with zero attached hydrogens (tertiary/aromatic N) is 4.